The Labute approximate surface area is 150 Å². The van der Waals surface area contributed by atoms with Gasteiger partial charge in [-0.1, -0.05) is 0 Å². The van der Waals surface area contributed by atoms with Crippen molar-refractivity contribution < 1.29 is 17.9 Å². The second kappa shape index (κ2) is 6.85. The van der Waals surface area contributed by atoms with Gasteiger partial charge in [0.15, 0.2) is 10.8 Å². The quantitative estimate of drug-likeness (QED) is 0.694. The van der Waals surface area contributed by atoms with Crippen LogP contribution in [0.2, 0.25) is 0 Å². The first-order valence-electron chi connectivity index (χ1n) is 7.87. The fourth-order valence-corrected chi connectivity index (χ4v) is 4.32. The Hall–Kier alpha value is -1.78. The van der Waals surface area contributed by atoms with Gasteiger partial charge < -0.3 is 9.64 Å². The van der Waals surface area contributed by atoms with Crippen LogP contribution in [0.1, 0.15) is 18.4 Å². The number of fused-ring (bicyclic) bond motifs is 1. The first-order chi connectivity index (χ1) is 11.8. The maximum Gasteiger partial charge on any atom is 0.337 e. The zero-order chi connectivity index (χ0) is 18.2. The normalized spacial score (nSPS) is 20.7. The Morgan fingerprint density at radius 2 is 2.28 bits per heavy atom. The number of hydrogen-bond acceptors (Lipinski definition) is 8. The van der Waals surface area contributed by atoms with E-state index in [1.54, 1.807) is 20.2 Å². The number of likely N-dealkylation sites (N-methyl/N-ethyl adjacent to an activating group) is 1. The number of thiazole rings is 1. The summed E-state index contributed by atoms with van der Waals surface area (Å²) in [5.74, 6) is 0.287. The Morgan fingerprint density at radius 1 is 1.52 bits per heavy atom. The number of aliphatic imine (C=N–C) groups is 1. The van der Waals surface area contributed by atoms with E-state index in [-0.39, 0.29) is 19.2 Å². The second-order valence-electron chi connectivity index (χ2n) is 5.87. The maximum absolute atomic E-state index is 12.3. The standard InChI is InChI=1S/C15H20N4O4S2/c1-4-23-15(20)11-8-17-13(14-16-5-6-24-14)19-9-10(7-12(11)19)18(2)25(3,21)22/h5-6,10H,4,7-9H2,1-3H3. The van der Waals surface area contributed by atoms with Crippen LogP contribution < -0.4 is 0 Å². The van der Waals surface area contributed by atoms with Crippen molar-refractivity contribution in [2.45, 2.75) is 19.4 Å². The van der Waals surface area contributed by atoms with Gasteiger partial charge in [0.2, 0.25) is 10.0 Å². The lowest BCUT2D eigenvalue weighted by molar-refractivity contribution is -0.138. The lowest BCUT2D eigenvalue weighted by atomic mass is 10.1. The molecule has 0 amide bonds. The smallest absolute Gasteiger partial charge is 0.337 e. The summed E-state index contributed by atoms with van der Waals surface area (Å²) in [7, 11) is -1.77. The highest BCUT2D eigenvalue weighted by atomic mass is 32.2. The Kier molecular flexibility index (Phi) is 4.94. The molecule has 1 unspecified atom stereocenters. The Bertz CT molecular complexity index is 830. The van der Waals surface area contributed by atoms with Crippen LogP contribution in [-0.4, -0.2) is 73.5 Å². The summed E-state index contributed by atoms with van der Waals surface area (Å²) in [5, 5.41) is 2.61. The highest BCUT2D eigenvalue weighted by Gasteiger charge is 2.40. The summed E-state index contributed by atoms with van der Waals surface area (Å²) in [6.45, 7) is 2.68. The fourth-order valence-electron chi connectivity index (χ4n) is 2.98. The number of sulfonamides is 1. The SMILES string of the molecule is CCOC(=O)C1=C2CC(N(C)S(C)(=O)=O)CN2C(c2nccs2)=NC1. The molecule has 3 heterocycles. The van der Waals surface area contributed by atoms with Gasteiger partial charge in [-0.15, -0.1) is 11.3 Å². The molecule has 3 rings (SSSR count). The summed E-state index contributed by atoms with van der Waals surface area (Å²) in [6.07, 6.45) is 3.33. The predicted molar refractivity (Wildman–Crippen MR) is 94.9 cm³/mol. The minimum absolute atomic E-state index is 0.217. The van der Waals surface area contributed by atoms with Crippen LogP contribution in [0.25, 0.3) is 0 Å². The molecule has 0 radical (unpaired) electrons. The number of aromatic nitrogens is 1. The van der Waals surface area contributed by atoms with E-state index in [2.05, 4.69) is 9.98 Å². The predicted octanol–water partition coefficient (Wildman–Crippen LogP) is 0.686. The highest BCUT2D eigenvalue weighted by molar-refractivity contribution is 7.88. The van der Waals surface area contributed by atoms with Crippen molar-refractivity contribution in [1.82, 2.24) is 14.2 Å². The van der Waals surface area contributed by atoms with Crippen LogP contribution in [0.3, 0.4) is 0 Å². The third-order valence-corrected chi connectivity index (χ3v) is 6.44. The van der Waals surface area contributed by atoms with Crippen molar-refractivity contribution >= 4 is 33.2 Å². The number of esters is 1. The van der Waals surface area contributed by atoms with Gasteiger partial charge in [0.1, 0.15) is 0 Å². The Balaban J connectivity index is 1.97. The van der Waals surface area contributed by atoms with Crippen molar-refractivity contribution in [2.75, 3.05) is 33.0 Å². The van der Waals surface area contributed by atoms with Gasteiger partial charge in [0.25, 0.3) is 0 Å². The van der Waals surface area contributed by atoms with Crippen LogP contribution >= 0.6 is 11.3 Å². The maximum atomic E-state index is 12.3. The molecule has 0 aliphatic carbocycles. The van der Waals surface area contributed by atoms with Crippen LogP contribution in [0.5, 0.6) is 0 Å². The molecule has 2 aliphatic rings. The molecule has 136 valence electrons. The van der Waals surface area contributed by atoms with E-state index in [1.165, 1.54) is 21.9 Å². The van der Waals surface area contributed by atoms with Gasteiger partial charge in [0.05, 0.1) is 25.0 Å². The molecule has 1 aromatic heterocycles. The van der Waals surface area contributed by atoms with Gasteiger partial charge in [-0.2, -0.15) is 4.31 Å². The molecule has 0 aromatic carbocycles. The van der Waals surface area contributed by atoms with E-state index < -0.39 is 16.0 Å². The van der Waals surface area contributed by atoms with E-state index in [1.807, 2.05) is 10.3 Å². The molecule has 0 saturated carbocycles. The first-order valence-corrected chi connectivity index (χ1v) is 10.6. The number of carbonyl (C=O) groups excluding carboxylic acids is 1. The van der Waals surface area contributed by atoms with Crippen molar-refractivity contribution in [3.63, 3.8) is 0 Å². The lowest BCUT2D eigenvalue weighted by Gasteiger charge is -2.27. The third kappa shape index (κ3) is 3.46. The number of rotatable bonds is 5. The largest absolute Gasteiger partial charge is 0.463 e. The third-order valence-electron chi connectivity index (χ3n) is 4.32. The second-order valence-corrected chi connectivity index (χ2v) is 8.81. The molecular weight excluding hydrogens is 364 g/mol. The molecule has 1 atom stereocenters. The van der Waals surface area contributed by atoms with E-state index in [0.29, 0.717) is 24.4 Å². The van der Waals surface area contributed by atoms with Gasteiger partial charge in [-0.25, -0.2) is 18.2 Å². The van der Waals surface area contributed by atoms with Gasteiger partial charge >= 0.3 is 5.97 Å². The Morgan fingerprint density at radius 3 is 2.88 bits per heavy atom. The van der Waals surface area contributed by atoms with Crippen molar-refractivity contribution in [2.24, 2.45) is 4.99 Å². The average Bonchev–Trinajstić information content (AvgIpc) is 3.22. The zero-order valence-corrected chi connectivity index (χ0v) is 15.9. The number of amidine groups is 1. The van der Waals surface area contributed by atoms with E-state index >= 15 is 0 Å². The average molecular weight is 384 g/mol. The molecule has 0 bridgehead atoms. The molecular formula is C15H20N4O4S2. The molecule has 25 heavy (non-hydrogen) atoms. The lowest BCUT2D eigenvalue weighted by Crippen LogP contribution is -2.40. The molecule has 1 fully saturated rings. The summed E-state index contributed by atoms with van der Waals surface area (Å²) < 4.78 is 30.3. The van der Waals surface area contributed by atoms with Crippen LogP contribution in [0.4, 0.5) is 0 Å². The highest BCUT2D eigenvalue weighted by Crippen LogP contribution is 2.33. The van der Waals surface area contributed by atoms with Crippen LogP contribution in [0, 0.1) is 0 Å². The number of nitrogens with zero attached hydrogens (tertiary/aromatic N) is 4. The van der Waals surface area contributed by atoms with Gasteiger partial charge in [0, 0.05) is 43.3 Å². The van der Waals surface area contributed by atoms with Crippen molar-refractivity contribution in [3.05, 3.63) is 27.9 Å². The zero-order valence-electron chi connectivity index (χ0n) is 14.3. The summed E-state index contributed by atoms with van der Waals surface area (Å²) >= 11 is 1.46. The summed E-state index contributed by atoms with van der Waals surface area (Å²) in [4.78, 5) is 23.0. The van der Waals surface area contributed by atoms with Crippen LogP contribution in [-0.2, 0) is 19.6 Å². The molecule has 1 aromatic rings. The minimum Gasteiger partial charge on any atom is -0.463 e. The molecule has 0 spiro atoms. The summed E-state index contributed by atoms with van der Waals surface area (Å²) in [5.41, 5.74) is 1.27. The van der Waals surface area contributed by atoms with E-state index in [4.69, 9.17) is 4.74 Å². The monoisotopic (exact) mass is 384 g/mol. The minimum atomic E-state index is -3.33. The fraction of sp³-hybridized carbons (Fsp3) is 0.533. The summed E-state index contributed by atoms with van der Waals surface area (Å²) in [6, 6.07) is -0.266. The van der Waals surface area contributed by atoms with Crippen molar-refractivity contribution in [3.8, 4) is 0 Å². The van der Waals surface area contributed by atoms with E-state index in [0.717, 1.165) is 10.7 Å². The van der Waals surface area contributed by atoms with Crippen LogP contribution in [0.15, 0.2) is 27.8 Å². The number of ether oxygens (including phenoxy) is 1. The molecule has 0 N–H and O–H groups in total. The topological polar surface area (TPSA) is 92.2 Å². The van der Waals surface area contributed by atoms with Gasteiger partial charge in [-0.3, -0.25) is 4.99 Å². The first kappa shape index (κ1) is 18.0. The molecule has 10 heteroatoms. The molecule has 1 saturated heterocycles. The number of hydrogen-bond donors (Lipinski definition) is 0. The molecule has 2 aliphatic heterocycles. The number of carbonyl (C=O) groups is 1. The van der Waals surface area contributed by atoms with Crippen molar-refractivity contribution in [1.29, 1.82) is 0 Å². The van der Waals surface area contributed by atoms with E-state index in [9.17, 15) is 13.2 Å². The van der Waals surface area contributed by atoms with Gasteiger partial charge in [-0.05, 0) is 6.92 Å². The molecule has 8 nitrogen and oxygen atoms in total.